The average Bonchev–Trinajstić information content (AvgIpc) is 3.45. The average molecular weight is 317 g/mol. The first-order chi connectivity index (χ1) is 11.8. The number of rotatable bonds is 5. The van der Waals surface area contributed by atoms with Crippen LogP contribution in [0.3, 0.4) is 0 Å². The van der Waals surface area contributed by atoms with Crippen LogP contribution in [0.4, 0.5) is 11.4 Å². The molecule has 120 valence electrons. The number of carbonyl (C=O) groups excluding carboxylic acids is 1. The van der Waals surface area contributed by atoms with Crippen LogP contribution in [0.2, 0.25) is 0 Å². The summed E-state index contributed by atoms with van der Waals surface area (Å²) in [5.74, 6) is 0.703. The standard InChI is InChI=1S/C20H19N3O/c24-20(16-8-10-17(11-9-16)22-13-14-6-7-14)23-18-5-1-3-15-4-2-12-21-19(15)18/h1-5,8-12,14,22H,6-7,13H2,(H,23,24). The third kappa shape index (κ3) is 3.23. The molecule has 0 unspecified atom stereocenters. The van der Waals surface area contributed by atoms with E-state index in [2.05, 4.69) is 15.6 Å². The van der Waals surface area contributed by atoms with Gasteiger partial charge in [-0.1, -0.05) is 18.2 Å². The highest BCUT2D eigenvalue weighted by molar-refractivity contribution is 6.08. The van der Waals surface area contributed by atoms with Gasteiger partial charge in [-0.2, -0.15) is 0 Å². The summed E-state index contributed by atoms with van der Waals surface area (Å²) in [6.07, 6.45) is 4.39. The second kappa shape index (κ2) is 6.32. The Morgan fingerprint density at radius 2 is 1.83 bits per heavy atom. The van der Waals surface area contributed by atoms with Gasteiger partial charge in [-0.15, -0.1) is 0 Å². The zero-order valence-electron chi connectivity index (χ0n) is 13.3. The second-order valence-electron chi connectivity index (χ2n) is 6.24. The predicted molar refractivity (Wildman–Crippen MR) is 97.4 cm³/mol. The first-order valence-corrected chi connectivity index (χ1v) is 8.28. The number of pyridine rings is 1. The van der Waals surface area contributed by atoms with Gasteiger partial charge in [-0.25, -0.2) is 0 Å². The summed E-state index contributed by atoms with van der Waals surface area (Å²) >= 11 is 0. The summed E-state index contributed by atoms with van der Waals surface area (Å²) in [4.78, 5) is 16.8. The van der Waals surface area contributed by atoms with Crippen molar-refractivity contribution in [3.8, 4) is 0 Å². The van der Waals surface area contributed by atoms with Crippen molar-refractivity contribution < 1.29 is 4.79 Å². The van der Waals surface area contributed by atoms with E-state index < -0.39 is 0 Å². The largest absolute Gasteiger partial charge is 0.385 e. The summed E-state index contributed by atoms with van der Waals surface area (Å²) in [6, 6.07) is 17.3. The molecule has 24 heavy (non-hydrogen) atoms. The lowest BCUT2D eigenvalue weighted by atomic mass is 10.1. The normalized spacial score (nSPS) is 13.7. The molecule has 1 heterocycles. The van der Waals surface area contributed by atoms with Crippen LogP contribution in [0.15, 0.2) is 60.8 Å². The van der Waals surface area contributed by atoms with Crippen molar-refractivity contribution in [1.29, 1.82) is 0 Å². The van der Waals surface area contributed by atoms with Crippen LogP contribution < -0.4 is 10.6 Å². The number of hydrogen-bond acceptors (Lipinski definition) is 3. The zero-order valence-corrected chi connectivity index (χ0v) is 13.3. The summed E-state index contributed by atoms with van der Waals surface area (Å²) in [5.41, 5.74) is 3.23. The summed E-state index contributed by atoms with van der Waals surface area (Å²) in [5, 5.41) is 7.37. The molecule has 2 N–H and O–H groups in total. The minimum absolute atomic E-state index is 0.123. The van der Waals surface area contributed by atoms with Gasteiger partial charge in [0.25, 0.3) is 5.91 Å². The fraction of sp³-hybridized carbons (Fsp3) is 0.200. The molecule has 4 rings (SSSR count). The lowest BCUT2D eigenvalue weighted by Crippen LogP contribution is -2.12. The van der Waals surface area contributed by atoms with Gasteiger partial charge in [0.05, 0.1) is 11.2 Å². The van der Waals surface area contributed by atoms with Crippen molar-refractivity contribution in [3.05, 3.63) is 66.4 Å². The topological polar surface area (TPSA) is 54.0 Å². The molecule has 1 aromatic heterocycles. The number of amides is 1. The van der Waals surface area contributed by atoms with Gasteiger partial charge < -0.3 is 10.6 Å². The van der Waals surface area contributed by atoms with Gasteiger partial charge in [-0.05, 0) is 55.2 Å². The SMILES string of the molecule is O=C(Nc1cccc2cccnc12)c1ccc(NCC2CC2)cc1. The molecular formula is C20H19N3O. The molecule has 4 nitrogen and oxygen atoms in total. The van der Waals surface area contributed by atoms with Crippen molar-refractivity contribution in [2.24, 2.45) is 5.92 Å². The number of fused-ring (bicyclic) bond motifs is 1. The van der Waals surface area contributed by atoms with Crippen molar-refractivity contribution >= 4 is 28.2 Å². The Morgan fingerprint density at radius 1 is 1.04 bits per heavy atom. The van der Waals surface area contributed by atoms with E-state index in [9.17, 15) is 4.79 Å². The van der Waals surface area contributed by atoms with Crippen molar-refractivity contribution in [2.45, 2.75) is 12.8 Å². The molecule has 1 saturated carbocycles. The monoisotopic (exact) mass is 317 g/mol. The maximum atomic E-state index is 12.5. The van der Waals surface area contributed by atoms with Gasteiger partial charge in [0.1, 0.15) is 0 Å². The van der Waals surface area contributed by atoms with Gasteiger partial charge in [0.2, 0.25) is 0 Å². The summed E-state index contributed by atoms with van der Waals surface area (Å²) in [7, 11) is 0. The number of nitrogens with zero attached hydrogens (tertiary/aromatic N) is 1. The van der Waals surface area contributed by atoms with Crippen molar-refractivity contribution in [3.63, 3.8) is 0 Å². The van der Waals surface area contributed by atoms with Crippen molar-refractivity contribution in [2.75, 3.05) is 17.2 Å². The Morgan fingerprint density at radius 3 is 2.62 bits per heavy atom. The Hall–Kier alpha value is -2.88. The predicted octanol–water partition coefficient (Wildman–Crippen LogP) is 4.31. The van der Waals surface area contributed by atoms with Gasteiger partial charge in [0.15, 0.2) is 0 Å². The molecule has 0 bridgehead atoms. The number of carbonyl (C=O) groups is 1. The lowest BCUT2D eigenvalue weighted by Gasteiger charge is -2.09. The smallest absolute Gasteiger partial charge is 0.255 e. The molecular weight excluding hydrogens is 298 g/mol. The van der Waals surface area contributed by atoms with E-state index >= 15 is 0 Å². The molecule has 1 aliphatic carbocycles. The highest BCUT2D eigenvalue weighted by atomic mass is 16.1. The van der Waals surface area contributed by atoms with E-state index in [0.717, 1.165) is 34.7 Å². The maximum absolute atomic E-state index is 12.5. The Labute approximate surface area is 140 Å². The molecule has 0 saturated heterocycles. The minimum Gasteiger partial charge on any atom is -0.385 e. The number of nitrogens with one attached hydrogen (secondary N) is 2. The number of benzene rings is 2. The Balaban J connectivity index is 1.48. The van der Waals surface area contributed by atoms with Crippen LogP contribution in [-0.4, -0.2) is 17.4 Å². The third-order valence-corrected chi connectivity index (χ3v) is 4.32. The first kappa shape index (κ1) is 14.7. The van der Waals surface area contributed by atoms with E-state index in [4.69, 9.17) is 0 Å². The molecule has 1 amide bonds. The van der Waals surface area contributed by atoms with Gasteiger partial charge >= 0.3 is 0 Å². The van der Waals surface area contributed by atoms with Gasteiger partial charge in [-0.3, -0.25) is 9.78 Å². The van der Waals surface area contributed by atoms with E-state index in [1.54, 1.807) is 6.20 Å². The number of anilines is 2. The van der Waals surface area contributed by atoms with Crippen molar-refractivity contribution in [1.82, 2.24) is 4.98 Å². The molecule has 0 spiro atoms. The minimum atomic E-state index is -0.123. The van der Waals surface area contributed by atoms with E-state index in [0.29, 0.717) is 5.56 Å². The molecule has 0 radical (unpaired) electrons. The summed E-state index contributed by atoms with van der Waals surface area (Å²) in [6.45, 7) is 1.02. The maximum Gasteiger partial charge on any atom is 0.255 e. The highest BCUT2D eigenvalue weighted by Gasteiger charge is 2.20. The number of hydrogen-bond donors (Lipinski definition) is 2. The molecule has 2 aromatic carbocycles. The first-order valence-electron chi connectivity index (χ1n) is 8.28. The third-order valence-electron chi connectivity index (χ3n) is 4.32. The highest BCUT2D eigenvalue weighted by Crippen LogP contribution is 2.29. The molecule has 4 heteroatoms. The fourth-order valence-electron chi connectivity index (χ4n) is 2.72. The molecule has 0 atom stereocenters. The van der Waals surface area contributed by atoms with Crippen LogP contribution in [0, 0.1) is 5.92 Å². The molecule has 1 fully saturated rings. The number of para-hydroxylation sites is 1. The van der Waals surface area contributed by atoms with Crippen LogP contribution in [0.1, 0.15) is 23.2 Å². The molecule has 1 aliphatic rings. The second-order valence-corrected chi connectivity index (χ2v) is 6.24. The Bertz CT molecular complexity index is 864. The van der Waals surface area contributed by atoms with Crippen LogP contribution >= 0.6 is 0 Å². The van der Waals surface area contributed by atoms with E-state index in [-0.39, 0.29) is 5.91 Å². The molecule has 3 aromatic rings. The Kier molecular flexibility index (Phi) is 3.87. The van der Waals surface area contributed by atoms with Crippen LogP contribution in [0.25, 0.3) is 10.9 Å². The number of aromatic nitrogens is 1. The van der Waals surface area contributed by atoms with Crippen LogP contribution in [0.5, 0.6) is 0 Å². The van der Waals surface area contributed by atoms with Crippen LogP contribution in [-0.2, 0) is 0 Å². The quantitative estimate of drug-likeness (QED) is 0.737. The van der Waals surface area contributed by atoms with Gasteiger partial charge in [0, 0.05) is 29.4 Å². The van der Waals surface area contributed by atoms with E-state index in [1.165, 1.54) is 12.8 Å². The zero-order chi connectivity index (χ0) is 16.4. The fourth-order valence-corrected chi connectivity index (χ4v) is 2.72. The lowest BCUT2D eigenvalue weighted by molar-refractivity contribution is 0.102. The summed E-state index contributed by atoms with van der Waals surface area (Å²) < 4.78 is 0. The van der Waals surface area contributed by atoms with E-state index in [1.807, 2.05) is 54.6 Å². The molecule has 0 aliphatic heterocycles.